The highest BCUT2D eigenvalue weighted by molar-refractivity contribution is 5.82. The molecule has 2 aliphatic rings. The van der Waals surface area contributed by atoms with Gasteiger partial charge in [-0.3, -0.25) is 4.99 Å². The fraction of sp³-hybridized carbons (Fsp3) is 0.421. The summed E-state index contributed by atoms with van der Waals surface area (Å²) in [6.07, 6.45) is 7.27. The van der Waals surface area contributed by atoms with Crippen LogP contribution in [0.25, 0.3) is 0 Å². The lowest BCUT2D eigenvalue weighted by Gasteiger charge is -2.34. The van der Waals surface area contributed by atoms with Crippen molar-refractivity contribution in [3.05, 3.63) is 58.4 Å². The van der Waals surface area contributed by atoms with Crippen LogP contribution in [-0.2, 0) is 6.42 Å². The molecule has 1 aromatic rings. The number of fused-ring (bicyclic) bond motifs is 1. The lowest BCUT2D eigenvalue weighted by Crippen LogP contribution is -2.31. The molecule has 3 rings (SSSR count). The van der Waals surface area contributed by atoms with Gasteiger partial charge in [0.1, 0.15) is 5.82 Å². The van der Waals surface area contributed by atoms with E-state index in [0.717, 1.165) is 31.2 Å². The zero-order valence-electron chi connectivity index (χ0n) is 13.1. The third-order valence-corrected chi connectivity index (χ3v) is 5.07. The van der Waals surface area contributed by atoms with E-state index in [9.17, 15) is 9.50 Å². The van der Waals surface area contributed by atoms with Gasteiger partial charge in [0.25, 0.3) is 0 Å². The maximum atomic E-state index is 13.1. The maximum Gasteiger partial charge on any atom is 0.123 e. The summed E-state index contributed by atoms with van der Waals surface area (Å²) in [5.74, 6) is -0.207. The third kappa shape index (κ3) is 2.66. The quantitative estimate of drug-likeness (QED) is 0.845. The molecule has 22 heavy (non-hydrogen) atoms. The van der Waals surface area contributed by atoms with E-state index in [2.05, 4.69) is 18.0 Å². The molecule has 116 valence electrons. The third-order valence-electron chi connectivity index (χ3n) is 5.07. The molecule has 1 saturated carbocycles. The van der Waals surface area contributed by atoms with Gasteiger partial charge in [0.2, 0.25) is 0 Å². The van der Waals surface area contributed by atoms with Crippen LogP contribution >= 0.6 is 0 Å². The van der Waals surface area contributed by atoms with Crippen molar-refractivity contribution >= 4 is 6.21 Å². The fourth-order valence-corrected chi connectivity index (χ4v) is 3.66. The topological polar surface area (TPSA) is 32.6 Å². The molecule has 0 aromatic heterocycles. The van der Waals surface area contributed by atoms with Crippen LogP contribution in [0.1, 0.15) is 31.7 Å². The summed E-state index contributed by atoms with van der Waals surface area (Å²) < 4.78 is 13.1. The Kier molecular flexibility index (Phi) is 4.00. The van der Waals surface area contributed by atoms with E-state index in [0.29, 0.717) is 0 Å². The summed E-state index contributed by atoms with van der Waals surface area (Å²) in [7, 11) is 1.77. The van der Waals surface area contributed by atoms with Gasteiger partial charge in [0.05, 0.1) is 6.10 Å². The zero-order valence-corrected chi connectivity index (χ0v) is 13.1. The molecule has 1 fully saturated rings. The number of hydrogen-bond donors (Lipinski definition) is 1. The minimum Gasteiger partial charge on any atom is -0.392 e. The predicted octanol–water partition coefficient (Wildman–Crippen LogP) is 3.86. The van der Waals surface area contributed by atoms with Crippen molar-refractivity contribution in [2.45, 2.75) is 38.7 Å². The minimum atomic E-state index is -0.272. The van der Waals surface area contributed by atoms with Gasteiger partial charge in [0.15, 0.2) is 0 Å². The molecule has 1 N–H and O–H groups in total. The first-order valence-corrected chi connectivity index (χ1v) is 7.80. The standard InChI is InChI=1S/C19H22FNO/c1-19-11-15(12-21-2)14(10-16(19)5-8-18(19)22)9-13-3-6-17(20)7-4-13/h3-4,6-7,10,12,18,22H,5,8-9,11H2,1-2H3. The van der Waals surface area contributed by atoms with Crippen molar-refractivity contribution in [2.24, 2.45) is 10.4 Å². The second-order valence-corrected chi connectivity index (χ2v) is 6.56. The summed E-state index contributed by atoms with van der Waals surface area (Å²) in [4.78, 5) is 4.18. The summed E-state index contributed by atoms with van der Waals surface area (Å²) in [5.41, 5.74) is 4.70. The first-order chi connectivity index (χ1) is 10.5. The monoisotopic (exact) mass is 299 g/mol. The van der Waals surface area contributed by atoms with Crippen LogP contribution in [-0.4, -0.2) is 24.5 Å². The number of hydrogen-bond acceptors (Lipinski definition) is 2. The average Bonchev–Trinajstić information content (AvgIpc) is 2.78. The van der Waals surface area contributed by atoms with Crippen molar-refractivity contribution in [1.82, 2.24) is 0 Å². The first-order valence-electron chi connectivity index (χ1n) is 7.80. The van der Waals surface area contributed by atoms with E-state index in [-0.39, 0.29) is 17.3 Å². The van der Waals surface area contributed by atoms with Gasteiger partial charge < -0.3 is 5.11 Å². The summed E-state index contributed by atoms with van der Waals surface area (Å²) in [6, 6.07) is 6.67. The molecule has 0 heterocycles. The molecule has 2 nitrogen and oxygen atoms in total. The lowest BCUT2D eigenvalue weighted by atomic mass is 9.71. The van der Waals surface area contributed by atoms with Gasteiger partial charge in [0, 0.05) is 18.7 Å². The Bertz CT molecular complexity index is 657. The molecule has 0 amide bonds. The zero-order chi connectivity index (χ0) is 15.7. The molecule has 0 spiro atoms. The Morgan fingerprint density at radius 2 is 2.09 bits per heavy atom. The van der Waals surface area contributed by atoms with E-state index < -0.39 is 0 Å². The van der Waals surface area contributed by atoms with Crippen LogP contribution in [0.15, 0.2) is 52.1 Å². The number of aliphatic imine (C=N–C) groups is 1. The number of rotatable bonds is 3. The van der Waals surface area contributed by atoms with E-state index in [1.165, 1.54) is 28.9 Å². The summed E-state index contributed by atoms with van der Waals surface area (Å²) in [6.45, 7) is 2.15. The molecule has 0 radical (unpaired) electrons. The van der Waals surface area contributed by atoms with E-state index in [4.69, 9.17) is 0 Å². The lowest BCUT2D eigenvalue weighted by molar-refractivity contribution is 0.0839. The van der Waals surface area contributed by atoms with Crippen LogP contribution in [0.5, 0.6) is 0 Å². The Balaban J connectivity index is 1.94. The summed E-state index contributed by atoms with van der Waals surface area (Å²) >= 11 is 0. The highest BCUT2D eigenvalue weighted by Crippen LogP contribution is 2.50. The van der Waals surface area contributed by atoms with E-state index in [1.54, 1.807) is 7.05 Å². The van der Waals surface area contributed by atoms with Gasteiger partial charge in [-0.05, 0) is 54.5 Å². The van der Waals surface area contributed by atoms with Crippen molar-refractivity contribution < 1.29 is 9.50 Å². The molecule has 0 bridgehead atoms. The second-order valence-electron chi connectivity index (χ2n) is 6.56. The molecular formula is C19H22FNO. The van der Waals surface area contributed by atoms with Crippen LogP contribution < -0.4 is 0 Å². The van der Waals surface area contributed by atoms with Crippen LogP contribution in [0.2, 0.25) is 0 Å². The van der Waals surface area contributed by atoms with E-state index in [1.807, 2.05) is 18.3 Å². The molecular weight excluding hydrogens is 277 g/mol. The first kappa shape index (κ1) is 15.2. The highest BCUT2D eigenvalue weighted by atomic mass is 19.1. The smallest absolute Gasteiger partial charge is 0.123 e. The minimum absolute atomic E-state index is 0.150. The van der Waals surface area contributed by atoms with Gasteiger partial charge in [-0.1, -0.05) is 30.7 Å². The maximum absolute atomic E-state index is 13.1. The Morgan fingerprint density at radius 1 is 1.36 bits per heavy atom. The molecule has 3 heteroatoms. The number of halogens is 1. The van der Waals surface area contributed by atoms with Gasteiger partial charge >= 0.3 is 0 Å². The predicted molar refractivity (Wildman–Crippen MR) is 87.6 cm³/mol. The number of nitrogens with zero attached hydrogens (tertiary/aromatic N) is 1. The van der Waals surface area contributed by atoms with Crippen molar-refractivity contribution in [1.29, 1.82) is 0 Å². The Labute approximate surface area is 131 Å². The SMILES string of the molecule is CN=CC1=C(Cc2ccc(F)cc2)C=C2CCC(O)C2(C)C1. The largest absolute Gasteiger partial charge is 0.392 e. The Hall–Kier alpha value is -1.74. The van der Waals surface area contributed by atoms with Crippen molar-refractivity contribution in [2.75, 3.05) is 7.05 Å². The molecule has 0 aliphatic heterocycles. The Morgan fingerprint density at radius 3 is 2.77 bits per heavy atom. The molecule has 0 saturated heterocycles. The van der Waals surface area contributed by atoms with Gasteiger partial charge in [-0.2, -0.15) is 0 Å². The second kappa shape index (κ2) is 5.81. The number of allylic oxidation sites excluding steroid dienone is 3. The van der Waals surface area contributed by atoms with Crippen LogP contribution in [0, 0.1) is 11.2 Å². The van der Waals surface area contributed by atoms with Gasteiger partial charge in [-0.15, -0.1) is 0 Å². The fourth-order valence-electron chi connectivity index (χ4n) is 3.66. The van der Waals surface area contributed by atoms with E-state index >= 15 is 0 Å². The van der Waals surface area contributed by atoms with Crippen molar-refractivity contribution in [3.8, 4) is 0 Å². The highest BCUT2D eigenvalue weighted by Gasteiger charge is 2.44. The number of benzene rings is 1. The number of aliphatic hydroxyl groups is 1. The van der Waals surface area contributed by atoms with Gasteiger partial charge in [-0.25, -0.2) is 4.39 Å². The molecule has 2 unspecified atom stereocenters. The average molecular weight is 299 g/mol. The molecule has 1 aromatic carbocycles. The normalized spacial score (nSPS) is 28.2. The molecule has 2 aliphatic carbocycles. The summed E-state index contributed by atoms with van der Waals surface area (Å²) in [5, 5.41) is 10.3. The van der Waals surface area contributed by atoms with Crippen molar-refractivity contribution in [3.63, 3.8) is 0 Å². The van der Waals surface area contributed by atoms with Crippen LogP contribution in [0.3, 0.4) is 0 Å². The van der Waals surface area contributed by atoms with Crippen LogP contribution in [0.4, 0.5) is 4.39 Å². The molecule has 2 atom stereocenters. The number of aliphatic hydroxyl groups excluding tert-OH is 1.